The van der Waals surface area contributed by atoms with Crippen LogP contribution in [-0.2, 0) is 0 Å². The van der Waals surface area contributed by atoms with Gasteiger partial charge in [-0.2, -0.15) is 5.10 Å². The summed E-state index contributed by atoms with van der Waals surface area (Å²) in [6.07, 6.45) is 5.13. The van der Waals surface area contributed by atoms with Crippen LogP contribution in [0, 0.1) is 11.6 Å². The maximum Gasteiger partial charge on any atom is 0.211 e. The Kier molecular flexibility index (Phi) is 7.14. The first-order valence-electron chi connectivity index (χ1n) is 6.78. The van der Waals surface area contributed by atoms with E-state index in [4.69, 9.17) is 16.2 Å². The van der Waals surface area contributed by atoms with Gasteiger partial charge in [-0.05, 0) is 12.5 Å². The SMILES string of the molecule is CCCCCCOc1c(F)cc(F)cc1C=NN=C(N)N. The lowest BCUT2D eigenvalue weighted by Crippen LogP contribution is -2.21. The molecule has 0 fully saturated rings. The zero-order valence-corrected chi connectivity index (χ0v) is 12.0. The monoisotopic (exact) mass is 298 g/mol. The highest BCUT2D eigenvalue weighted by molar-refractivity contribution is 5.84. The zero-order valence-electron chi connectivity index (χ0n) is 12.0. The average Bonchev–Trinajstić information content (AvgIpc) is 2.40. The van der Waals surface area contributed by atoms with Crippen molar-refractivity contribution in [2.24, 2.45) is 21.7 Å². The molecule has 21 heavy (non-hydrogen) atoms. The van der Waals surface area contributed by atoms with Crippen LogP contribution >= 0.6 is 0 Å². The number of guanidine groups is 1. The molecule has 116 valence electrons. The van der Waals surface area contributed by atoms with Gasteiger partial charge in [0.05, 0.1) is 12.8 Å². The highest BCUT2D eigenvalue weighted by Gasteiger charge is 2.11. The molecule has 0 amide bonds. The van der Waals surface area contributed by atoms with Crippen molar-refractivity contribution in [3.8, 4) is 5.75 Å². The number of unbranched alkanes of at least 4 members (excludes halogenated alkanes) is 3. The molecule has 1 aromatic rings. The van der Waals surface area contributed by atoms with Crippen molar-refractivity contribution in [3.63, 3.8) is 0 Å². The van der Waals surface area contributed by atoms with Gasteiger partial charge in [-0.15, -0.1) is 5.10 Å². The number of halogens is 2. The first kappa shape index (κ1) is 16.9. The number of nitrogens with zero attached hydrogens (tertiary/aromatic N) is 2. The van der Waals surface area contributed by atoms with Gasteiger partial charge in [0, 0.05) is 11.6 Å². The Morgan fingerprint density at radius 2 is 2.00 bits per heavy atom. The molecule has 0 radical (unpaired) electrons. The van der Waals surface area contributed by atoms with Crippen LogP contribution < -0.4 is 16.2 Å². The Morgan fingerprint density at radius 1 is 1.24 bits per heavy atom. The topological polar surface area (TPSA) is 86.0 Å². The molecule has 0 saturated heterocycles. The summed E-state index contributed by atoms with van der Waals surface area (Å²) in [5.41, 5.74) is 10.4. The highest BCUT2D eigenvalue weighted by atomic mass is 19.1. The van der Waals surface area contributed by atoms with E-state index >= 15 is 0 Å². The van der Waals surface area contributed by atoms with E-state index in [0.29, 0.717) is 6.61 Å². The Balaban J connectivity index is 2.80. The first-order valence-corrected chi connectivity index (χ1v) is 6.78. The van der Waals surface area contributed by atoms with Crippen LogP contribution in [0.15, 0.2) is 22.3 Å². The summed E-state index contributed by atoms with van der Waals surface area (Å²) in [4.78, 5) is 0. The molecule has 5 nitrogen and oxygen atoms in total. The molecule has 0 saturated carbocycles. The van der Waals surface area contributed by atoms with E-state index in [1.807, 2.05) is 0 Å². The van der Waals surface area contributed by atoms with Crippen molar-refractivity contribution in [2.45, 2.75) is 32.6 Å². The molecule has 0 aromatic heterocycles. The molecule has 0 bridgehead atoms. The molecule has 0 aliphatic heterocycles. The third-order valence-corrected chi connectivity index (χ3v) is 2.65. The third-order valence-electron chi connectivity index (χ3n) is 2.65. The van der Waals surface area contributed by atoms with Gasteiger partial charge < -0.3 is 16.2 Å². The summed E-state index contributed by atoms with van der Waals surface area (Å²) >= 11 is 0. The van der Waals surface area contributed by atoms with Gasteiger partial charge in [-0.3, -0.25) is 0 Å². The molecular formula is C14H20F2N4O. The second kappa shape index (κ2) is 8.89. The first-order chi connectivity index (χ1) is 10.0. The number of benzene rings is 1. The quantitative estimate of drug-likeness (QED) is 0.335. The fourth-order valence-electron chi connectivity index (χ4n) is 1.69. The molecule has 0 unspecified atom stereocenters. The van der Waals surface area contributed by atoms with Crippen molar-refractivity contribution in [2.75, 3.05) is 6.61 Å². The molecule has 4 N–H and O–H groups in total. The summed E-state index contributed by atoms with van der Waals surface area (Å²) < 4.78 is 32.4. The van der Waals surface area contributed by atoms with Crippen LogP contribution in [0.2, 0.25) is 0 Å². The predicted octanol–water partition coefficient (Wildman–Crippen LogP) is 2.53. The number of nitrogens with two attached hydrogens (primary N) is 2. The summed E-state index contributed by atoms with van der Waals surface area (Å²) in [6, 6.07) is 1.87. The minimum Gasteiger partial charge on any atom is -0.490 e. The van der Waals surface area contributed by atoms with Crippen LogP contribution in [-0.4, -0.2) is 18.8 Å². The van der Waals surface area contributed by atoms with Gasteiger partial charge in [-0.25, -0.2) is 8.78 Å². The van der Waals surface area contributed by atoms with Crippen LogP contribution in [0.25, 0.3) is 0 Å². The maximum atomic E-state index is 13.8. The van der Waals surface area contributed by atoms with E-state index in [1.54, 1.807) is 0 Å². The Labute approximate surface area is 122 Å². The number of rotatable bonds is 8. The van der Waals surface area contributed by atoms with Gasteiger partial charge in [0.25, 0.3) is 0 Å². The molecule has 7 heteroatoms. The van der Waals surface area contributed by atoms with Crippen molar-refractivity contribution in [3.05, 3.63) is 29.3 Å². The van der Waals surface area contributed by atoms with Gasteiger partial charge in [-0.1, -0.05) is 26.2 Å². The van der Waals surface area contributed by atoms with Gasteiger partial charge in [0.1, 0.15) is 5.82 Å². The number of hydrogen-bond donors (Lipinski definition) is 2. The van der Waals surface area contributed by atoms with E-state index < -0.39 is 11.6 Å². The molecule has 1 aromatic carbocycles. The van der Waals surface area contributed by atoms with E-state index in [0.717, 1.165) is 44.0 Å². The molecular weight excluding hydrogens is 278 g/mol. The van der Waals surface area contributed by atoms with Crippen LogP contribution in [0.1, 0.15) is 38.2 Å². The van der Waals surface area contributed by atoms with Crippen molar-refractivity contribution in [1.82, 2.24) is 0 Å². The predicted molar refractivity (Wildman–Crippen MR) is 79.4 cm³/mol. The van der Waals surface area contributed by atoms with Gasteiger partial charge in [0.15, 0.2) is 11.6 Å². The normalized spacial score (nSPS) is 10.8. The van der Waals surface area contributed by atoms with E-state index in [1.165, 1.54) is 0 Å². The summed E-state index contributed by atoms with van der Waals surface area (Å²) in [5.74, 6) is -1.80. The second-order valence-electron chi connectivity index (χ2n) is 4.48. The molecule has 0 spiro atoms. The summed E-state index contributed by atoms with van der Waals surface area (Å²) in [5, 5.41) is 6.92. The average molecular weight is 298 g/mol. The van der Waals surface area contributed by atoms with Crippen LogP contribution in [0.3, 0.4) is 0 Å². The van der Waals surface area contributed by atoms with Crippen LogP contribution in [0.5, 0.6) is 5.75 Å². The minimum atomic E-state index is -0.781. The Hall–Kier alpha value is -2.18. The third kappa shape index (κ3) is 6.20. The van der Waals surface area contributed by atoms with Crippen molar-refractivity contribution >= 4 is 12.2 Å². The molecule has 0 aliphatic rings. The highest BCUT2D eigenvalue weighted by Crippen LogP contribution is 2.23. The molecule has 0 heterocycles. The smallest absolute Gasteiger partial charge is 0.211 e. The molecule has 1 rings (SSSR count). The standard InChI is InChI=1S/C14H20F2N4O/c1-2-3-4-5-6-21-13-10(9-19-20-14(17)18)7-11(15)8-12(13)16/h7-9H,2-6H2,1H3,(H4,17,18,20). The van der Waals surface area contributed by atoms with E-state index in [-0.39, 0.29) is 17.3 Å². The minimum absolute atomic E-state index is 0.0533. The van der Waals surface area contributed by atoms with Gasteiger partial charge in [0.2, 0.25) is 5.96 Å². The summed E-state index contributed by atoms with van der Waals surface area (Å²) in [7, 11) is 0. The maximum absolute atomic E-state index is 13.8. The van der Waals surface area contributed by atoms with E-state index in [2.05, 4.69) is 17.1 Å². The molecule has 0 aliphatic carbocycles. The van der Waals surface area contributed by atoms with Crippen molar-refractivity contribution < 1.29 is 13.5 Å². The Bertz CT molecular complexity index is 514. The van der Waals surface area contributed by atoms with Crippen molar-refractivity contribution in [1.29, 1.82) is 0 Å². The fourth-order valence-corrected chi connectivity index (χ4v) is 1.69. The second-order valence-corrected chi connectivity index (χ2v) is 4.48. The fraction of sp³-hybridized carbons (Fsp3) is 0.429. The van der Waals surface area contributed by atoms with E-state index in [9.17, 15) is 8.78 Å². The Morgan fingerprint density at radius 3 is 2.67 bits per heavy atom. The summed E-state index contributed by atoms with van der Waals surface area (Å²) in [6.45, 7) is 2.45. The largest absolute Gasteiger partial charge is 0.490 e. The van der Waals surface area contributed by atoms with Gasteiger partial charge >= 0.3 is 0 Å². The number of ether oxygens (including phenoxy) is 1. The lowest BCUT2D eigenvalue weighted by atomic mass is 10.2. The lowest BCUT2D eigenvalue weighted by Gasteiger charge is -2.10. The molecule has 0 atom stereocenters. The lowest BCUT2D eigenvalue weighted by molar-refractivity contribution is 0.289. The number of hydrogen-bond acceptors (Lipinski definition) is 3. The zero-order chi connectivity index (χ0) is 15.7. The van der Waals surface area contributed by atoms with Crippen LogP contribution in [0.4, 0.5) is 8.78 Å².